The number of aryl methyl sites for hydroxylation is 2. The molecule has 0 aliphatic heterocycles. The molecule has 4 rings (SSSR count). The quantitative estimate of drug-likeness (QED) is 0.443. The van der Waals surface area contributed by atoms with Gasteiger partial charge >= 0.3 is 5.69 Å². The van der Waals surface area contributed by atoms with Gasteiger partial charge in [0.05, 0.1) is 6.54 Å². The minimum atomic E-state index is -0.402. The predicted octanol–water partition coefficient (Wildman–Crippen LogP) is 1.71. The fourth-order valence-corrected chi connectivity index (χ4v) is 3.56. The predicted molar refractivity (Wildman–Crippen MR) is 122 cm³/mol. The van der Waals surface area contributed by atoms with E-state index in [1.54, 1.807) is 13.2 Å². The van der Waals surface area contributed by atoms with E-state index in [9.17, 15) is 9.59 Å². The van der Waals surface area contributed by atoms with Crippen molar-refractivity contribution in [2.24, 2.45) is 14.1 Å². The Balaban J connectivity index is 1.69. The number of hydrogen-bond acceptors (Lipinski definition) is 6. The number of pyridine rings is 1. The highest BCUT2D eigenvalue weighted by Gasteiger charge is 2.19. The zero-order valence-electron chi connectivity index (χ0n) is 17.8. The van der Waals surface area contributed by atoms with Crippen LogP contribution >= 0.6 is 0 Å². The van der Waals surface area contributed by atoms with Crippen molar-refractivity contribution < 1.29 is 0 Å². The highest BCUT2D eigenvalue weighted by molar-refractivity contribution is 5.74. The van der Waals surface area contributed by atoms with Crippen molar-refractivity contribution in [3.05, 3.63) is 80.6 Å². The lowest BCUT2D eigenvalue weighted by Crippen LogP contribution is -2.37. The minimum Gasteiger partial charge on any atom is -0.368 e. The zero-order chi connectivity index (χ0) is 22.0. The molecule has 3 heterocycles. The molecule has 0 spiro atoms. The monoisotopic (exact) mass is 419 g/mol. The lowest BCUT2D eigenvalue weighted by Gasteiger charge is -2.12. The molecule has 0 saturated heterocycles. The first-order valence-electron chi connectivity index (χ1n) is 10.1. The van der Waals surface area contributed by atoms with Gasteiger partial charge in [0, 0.05) is 33.4 Å². The fraction of sp³-hybridized carbons (Fsp3) is 0.273. The highest BCUT2D eigenvalue weighted by Crippen LogP contribution is 2.18. The molecule has 0 bridgehead atoms. The minimum absolute atomic E-state index is 0.362. The Morgan fingerprint density at radius 2 is 1.77 bits per heavy atom. The number of imidazole rings is 1. The second-order valence-electron chi connectivity index (χ2n) is 7.46. The number of aromatic nitrogens is 5. The lowest BCUT2D eigenvalue weighted by atomic mass is 10.1. The molecule has 0 amide bonds. The molecule has 3 aromatic heterocycles. The van der Waals surface area contributed by atoms with Crippen LogP contribution in [0.15, 0.2) is 58.3 Å². The Labute approximate surface area is 179 Å². The second-order valence-corrected chi connectivity index (χ2v) is 7.46. The van der Waals surface area contributed by atoms with Gasteiger partial charge in [0.25, 0.3) is 5.56 Å². The molecule has 4 aromatic rings. The fourth-order valence-electron chi connectivity index (χ4n) is 3.56. The van der Waals surface area contributed by atoms with Crippen LogP contribution in [-0.2, 0) is 20.6 Å². The van der Waals surface area contributed by atoms with Crippen LogP contribution in [-0.4, -0.2) is 36.8 Å². The Morgan fingerprint density at radius 1 is 0.968 bits per heavy atom. The molecule has 0 fully saturated rings. The summed E-state index contributed by atoms with van der Waals surface area (Å²) in [5.74, 6) is 1.33. The van der Waals surface area contributed by atoms with Crippen molar-refractivity contribution in [1.29, 1.82) is 0 Å². The van der Waals surface area contributed by atoms with E-state index >= 15 is 0 Å². The Morgan fingerprint density at radius 3 is 2.52 bits per heavy atom. The van der Waals surface area contributed by atoms with Crippen molar-refractivity contribution >= 4 is 22.9 Å². The van der Waals surface area contributed by atoms with Gasteiger partial charge in [0.1, 0.15) is 5.82 Å². The number of nitrogens with zero attached hydrogens (tertiary/aromatic N) is 5. The molecule has 9 heteroatoms. The van der Waals surface area contributed by atoms with E-state index < -0.39 is 5.69 Å². The maximum Gasteiger partial charge on any atom is 0.332 e. The molecule has 0 unspecified atom stereocenters. The van der Waals surface area contributed by atoms with Gasteiger partial charge in [-0.15, -0.1) is 0 Å². The summed E-state index contributed by atoms with van der Waals surface area (Å²) in [5.41, 5.74) is 2.17. The largest absolute Gasteiger partial charge is 0.368 e. The van der Waals surface area contributed by atoms with Gasteiger partial charge < -0.3 is 10.6 Å². The third kappa shape index (κ3) is 4.07. The van der Waals surface area contributed by atoms with Crippen LogP contribution in [0.4, 0.5) is 11.8 Å². The van der Waals surface area contributed by atoms with Crippen LogP contribution in [0.1, 0.15) is 11.1 Å². The van der Waals surface area contributed by atoms with Crippen molar-refractivity contribution in [2.75, 3.05) is 23.7 Å². The van der Waals surface area contributed by atoms with E-state index in [2.05, 4.69) is 26.7 Å². The maximum absolute atomic E-state index is 12.9. The number of benzene rings is 1. The SMILES string of the molecule is Cc1cccc(Cn2c(NCCNc3ccccn3)nc3c2c(=O)n(C)c(=O)n3C)c1. The first-order chi connectivity index (χ1) is 15.0. The first-order valence-corrected chi connectivity index (χ1v) is 10.1. The lowest BCUT2D eigenvalue weighted by molar-refractivity contribution is 0.702. The van der Waals surface area contributed by atoms with E-state index in [4.69, 9.17) is 0 Å². The third-order valence-electron chi connectivity index (χ3n) is 5.15. The molecular formula is C22H25N7O2. The normalized spacial score (nSPS) is 11.1. The van der Waals surface area contributed by atoms with Crippen LogP contribution in [0.25, 0.3) is 11.2 Å². The summed E-state index contributed by atoms with van der Waals surface area (Å²) >= 11 is 0. The van der Waals surface area contributed by atoms with E-state index in [0.717, 1.165) is 21.5 Å². The van der Waals surface area contributed by atoms with Gasteiger partial charge in [0.2, 0.25) is 5.95 Å². The van der Waals surface area contributed by atoms with Gasteiger partial charge in [-0.05, 0) is 24.6 Å². The smallest absolute Gasteiger partial charge is 0.332 e. The van der Waals surface area contributed by atoms with E-state index in [1.165, 1.54) is 11.6 Å². The summed E-state index contributed by atoms with van der Waals surface area (Å²) in [6.45, 7) is 3.66. The number of nitrogens with one attached hydrogen (secondary N) is 2. The number of hydrogen-bond donors (Lipinski definition) is 2. The Bertz CT molecular complexity index is 1340. The van der Waals surface area contributed by atoms with Gasteiger partial charge in [-0.1, -0.05) is 35.9 Å². The van der Waals surface area contributed by atoms with Gasteiger partial charge in [-0.25, -0.2) is 9.78 Å². The van der Waals surface area contributed by atoms with Gasteiger partial charge in [-0.2, -0.15) is 4.98 Å². The van der Waals surface area contributed by atoms with E-state index in [1.807, 2.05) is 47.9 Å². The first kappa shape index (κ1) is 20.4. The standard InChI is InChI=1S/C22H25N7O2/c1-15-7-6-8-16(13-15)14-29-18-19(27(2)22(31)28(3)20(18)30)26-21(29)25-12-11-24-17-9-4-5-10-23-17/h4-10,13H,11-12,14H2,1-3H3,(H,23,24)(H,25,26). The van der Waals surface area contributed by atoms with Crippen LogP contribution in [0.2, 0.25) is 0 Å². The third-order valence-corrected chi connectivity index (χ3v) is 5.15. The maximum atomic E-state index is 12.9. The summed E-state index contributed by atoms with van der Waals surface area (Å²) in [4.78, 5) is 34.2. The number of anilines is 2. The summed E-state index contributed by atoms with van der Waals surface area (Å²) in [7, 11) is 3.11. The Hall–Kier alpha value is -3.88. The molecule has 9 nitrogen and oxygen atoms in total. The summed E-state index contributed by atoms with van der Waals surface area (Å²) in [6.07, 6.45) is 1.73. The van der Waals surface area contributed by atoms with Crippen LogP contribution in [0, 0.1) is 6.92 Å². The molecular weight excluding hydrogens is 394 g/mol. The van der Waals surface area contributed by atoms with Gasteiger partial charge in [0.15, 0.2) is 11.2 Å². The molecule has 0 aliphatic carbocycles. The van der Waals surface area contributed by atoms with Crippen molar-refractivity contribution in [1.82, 2.24) is 23.7 Å². The van der Waals surface area contributed by atoms with Crippen LogP contribution in [0.5, 0.6) is 0 Å². The molecule has 2 N–H and O–H groups in total. The zero-order valence-corrected chi connectivity index (χ0v) is 17.8. The van der Waals surface area contributed by atoms with Crippen LogP contribution < -0.4 is 21.9 Å². The Kier molecular flexibility index (Phi) is 5.57. The average Bonchev–Trinajstić information content (AvgIpc) is 3.13. The molecule has 0 saturated carbocycles. The number of rotatable bonds is 7. The van der Waals surface area contributed by atoms with E-state index in [-0.39, 0.29) is 5.56 Å². The summed E-state index contributed by atoms with van der Waals surface area (Å²) in [5, 5.41) is 6.53. The molecule has 0 radical (unpaired) electrons. The molecule has 0 aliphatic rings. The van der Waals surface area contributed by atoms with Crippen LogP contribution in [0.3, 0.4) is 0 Å². The summed E-state index contributed by atoms with van der Waals surface area (Å²) < 4.78 is 4.36. The number of fused-ring (bicyclic) bond motifs is 1. The molecule has 31 heavy (non-hydrogen) atoms. The topological polar surface area (TPSA) is 98.8 Å². The average molecular weight is 419 g/mol. The second kappa shape index (κ2) is 8.47. The van der Waals surface area contributed by atoms with E-state index in [0.29, 0.717) is 36.7 Å². The molecule has 1 aromatic carbocycles. The van der Waals surface area contributed by atoms with Crippen molar-refractivity contribution in [3.63, 3.8) is 0 Å². The van der Waals surface area contributed by atoms with Crippen molar-refractivity contribution in [2.45, 2.75) is 13.5 Å². The highest BCUT2D eigenvalue weighted by atomic mass is 16.2. The summed E-state index contributed by atoms with van der Waals surface area (Å²) in [6, 6.07) is 13.8. The van der Waals surface area contributed by atoms with Crippen molar-refractivity contribution in [3.8, 4) is 0 Å². The molecule has 160 valence electrons. The molecule has 0 atom stereocenters. The van der Waals surface area contributed by atoms with Gasteiger partial charge in [-0.3, -0.25) is 18.5 Å².